The van der Waals surface area contributed by atoms with E-state index in [9.17, 15) is 0 Å². The van der Waals surface area contributed by atoms with Crippen LogP contribution in [0.25, 0.3) is 11.0 Å². The van der Waals surface area contributed by atoms with Gasteiger partial charge in [-0.05, 0) is 23.3 Å². The van der Waals surface area contributed by atoms with Gasteiger partial charge in [-0.3, -0.25) is 0 Å². The molecule has 0 aliphatic carbocycles. The van der Waals surface area contributed by atoms with Gasteiger partial charge >= 0.3 is 0 Å². The first kappa shape index (κ1) is 16.1. The van der Waals surface area contributed by atoms with Crippen LogP contribution in [0.5, 0.6) is 0 Å². The third-order valence-corrected chi connectivity index (χ3v) is 4.48. The van der Waals surface area contributed by atoms with E-state index in [0.717, 1.165) is 35.4 Å². The Morgan fingerprint density at radius 1 is 1.08 bits per heavy atom. The minimum absolute atomic E-state index is 0.620. The third kappa shape index (κ3) is 3.37. The number of imidazole rings is 2. The molecule has 26 heavy (non-hydrogen) atoms. The molecule has 0 atom stereocenters. The third-order valence-electron chi connectivity index (χ3n) is 4.48. The number of aromatic amines is 1. The highest BCUT2D eigenvalue weighted by atomic mass is 15.1. The van der Waals surface area contributed by atoms with Crippen molar-refractivity contribution in [3.05, 3.63) is 96.0 Å². The smallest absolute Gasteiger partial charge is 0.0955 e. The Kier molecular flexibility index (Phi) is 4.27. The maximum Gasteiger partial charge on any atom is 0.0955 e. The first-order chi connectivity index (χ1) is 12.7. The number of fused-ring (bicyclic) bond motifs is 1. The Morgan fingerprint density at radius 3 is 2.73 bits per heavy atom. The van der Waals surface area contributed by atoms with E-state index in [2.05, 4.69) is 50.4 Å². The maximum atomic E-state index is 5.92. The van der Waals surface area contributed by atoms with Crippen molar-refractivity contribution in [2.24, 2.45) is 5.73 Å². The molecular weight excluding hydrogens is 322 g/mol. The predicted molar refractivity (Wildman–Crippen MR) is 104 cm³/mol. The molecule has 4 aromatic rings. The molecule has 0 fully saturated rings. The number of aromatic nitrogens is 4. The van der Waals surface area contributed by atoms with Crippen LogP contribution in [0, 0.1) is 0 Å². The molecule has 0 saturated heterocycles. The minimum atomic E-state index is 0.620. The summed E-state index contributed by atoms with van der Waals surface area (Å²) in [7, 11) is 0. The van der Waals surface area contributed by atoms with Crippen LogP contribution in [-0.2, 0) is 19.4 Å². The average molecular weight is 343 g/mol. The fraction of sp³-hybridized carbons (Fsp3) is 0.143. The van der Waals surface area contributed by atoms with Gasteiger partial charge in [-0.2, -0.15) is 0 Å². The second kappa shape index (κ2) is 6.88. The van der Waals surface area contributed by atoms with Gasteiger partial charge in [-0.15, -0.1) is 0 Å². The summed E-state index contributed by atoms with van der Waals surface area (Å²) in [5.41, 5.74) is 13.2. The molecule has 0 amide bonds. The number of nitrogens with zero attached hydrogens (tertiary/aromatic N) is 3. The molecule has 3 N–H and O–H groups in total. The molecule has 2 heterocycles. The number of H-pyrrole nitrogens is 1. The van der Waals surface area contributed by atoms with Crippen molar-refractivity contribution in [3.8, 4) is 0 Å². The molecular formula is C21H21N5. The minimum Gasteiger partial charge on any atom is -0.402 e. The van der Waals surface area contributed by atoms with Crippen molar-refractivity contribution in [1.29, 1.82) is 0 Å². The van der Waals surface area contributed by atoms with Gasteiger partial charge in [-0.1, -0.05) is 43.0 Å². The van der Waals surface area contributed by atoms with Crippen LogP contribution < -0.4 is 5.73 Å². The predicted octanol–water partition coefficient (Wildman–Crippen LogP) is 3.41. The molecule has 130 valence electrons. The van der Waals surface area contributed by atoms with Crippen LogP contribution in [0.1, 0.15) is 22.5 Å². The summed E-state index contributed by atoms with van der Waals surface area (Å²) in [5, 5.41) is 0. The Morgan fingerprint density at radius 2 is 1.92 bits per heavy atom. The molecule has 4 rings (SSSR count). The van der Waals surface area contributed by atoms with Crippen LogP contribution in [0.4, 0.5) is 0 Å². The van der Waals surface area contributed by atoms with Gasteiger partial charge in [0.1, 0.15) is 0 Å². The van der Waals surface area contributed by atoms with Crippen LogP contribution in [0.15, 0.2) is 73.5 Å². The van der Waals surface area contributed by atoms with Gasteiger partial charge in [0.05, 0.1) is 29.4 Å². The van der Waals surface area contributed by atoms with Gasteiger partial charge in [0.15, 0.2) is 0 Å². The Bertz CT molecular complexity index is 1040. The lowest BCUT2D eigenvalue weighted by Crippen LogP contribution is -2.09. The van der Waals surface area contributed by atoms with Crippen molar-refractivity contribution in [2.75, 3.05) is 0 Å². The lowest BCUT2D eigenvalue weighted by atomic mass is 10.1. The summed E-state index contributed by atoms with van der Waals surface area (Å²) < 4.78 is 2.16. The number of benzene rings is 2. The normalized spacial score (nSPS) is 11.1. The van der Waals surface area contributed by atoms with Crippen molar-refractivity contribution in [1.82, 2.24) is 19.5 Å². The number of hydrogen-bond acceptors (Lipinski definition) is 3. The highest BCUT2D eigenvalue weighted by Crippen LogP contribution is 2.18. The molecule has 0 saturated carbocycles. The molecule has 0 aliphatic heterocycles. The van der Waals surface area contributed by atoms with Crippen LogP contribution in [-0.4, -0.2) is 19.5 Å². The summed E-state index contributed by atoms with van der Waals surface area (Å²) >= 11 is 0. The quantitative estimate of drug-likeness (QED) is 0.563. The zero-order valence-corrected chi connectivity index (χ0v) is 14.5. The zero-order chi connectivity index (χ0) is 17.9. The van der Waals surface area contributed by atoms with E-state index >= 15 is 0 Å². The fourth-order valence-corrected chi connectivity index (χ4v) is 3.22. The zero-order valence-electron chi connectivity index (χ0n) is 14.5. The van der Waals surface area contributed by atoms with Gasteiger partial charge in [0.25, 0.3) is 0 Å². The van der Waals surface area contributed by atoms with Crippen LogP contribution >= 0.6 is 0 Å². The largest absolute Gasteiger partial charge is 0.402 e. The average Bonchev–Trinajstić information content (AvgIpc) is 3.24. The fourth-order valence-electron chi connectivity index (χ4n) is 3.22. The molecule has 2 aromatic heterocycles. The molecule has 0 aliphatic rings. The summed E-state index contributed by atoms with van der Waals surface area (Å²) in [4.78, 5) is 12.1. The van der Waals surface area contributed by atoms with Gasteiger partial charge in [-0.25, -0.2) is 9.97 Å². The number of hydrogen-bond donors (Lipinski definition) is 2. The topological polar surface area (TPSA) is 72.5 Å². The van der Waals surface area contributed by atoms with E-state index < -0.39 is 0 Å². The van der Waals surface area contributed by atoms with E-state index in [4.69, 9.17) is 5.73 Å². The van der Waals surface area contributed by atoms with Crippen molar-refractivity contribution >= 4 is 11.0 Å². The summed E-state index contributed by atoms with van der Waals surface area (Å²) in [6, 6.07) is 16.6. The first-order valence-corrected chi connectivity index (χ1v) is 8.61. The highest BCUT2D eigenvalue weighted by Gasteiger charge is 2.13. The second-order valence-electron chi connectivity index (χ2n) is 6.52. The van der Waals surface area contributed by atoms with E-state index in [0.29, 0.717) is 12.1 Å². The van der Waals surface area contributed by atoms with Gasteiger partial charge in [0, 0.05) is 30.8 Å². The van der Waals surface area contributed by atoms with E-state index in [1.807, 2.05) is 30.6 Å². The SMILES string of the molecule is C=C(N)Cc1c(Cc2ccccc2)ncn1Cc1ccc2nc[nH]c2c1. The highest BCUT2D eigenvalue weighted by molar-refractivity contribution is 5.75. The Labute approximate surface area is 152 Å². The summed E-state index contributed by atoms with van der Waals surface area (Å²) in [5.74, 6) is 0. The van der Waals surface area contributed by atoms with E-state index in [1.165, 1.54) is 11.1 Å². The number of rotatable bonds is 6. The van der Waals surface area contributed by atoms with Crippen molar-refractivity contribution in [3.63, 3.8) is 0 Å². The molecule has 5 heteroatoms. The molecule has 0 radical (unpaired) electrons. The standard InChI is InChI=1S/C21H21N5/c1-15(22)9-21-20(10-16-5-3-2-4-6-16)25-14-26(21)12-17-7-8-18-19(11-17)24-13-23-18/h2-8,11,13-14H,1,9-10,12,22H2,(H,23,24). The first-order valence-electron chi connectivity index (χ1n) is 8.61. The van der Waals surface area contributed by atoms with Gasteiger partial charge < -0.3 is 15.3 Å². The lowest BCUT2D eigenvalue weighted by Gasteiger charge is -2.11. The van der Waals surface area contributed by atoms with Crippen LogP contribution in [0.2, 0.25) is 0 Å². The number of allylic oxidation sites excluding steroid dienone is 1. The Hall–Kier alpha value is -3.34. The molecule has 0 spiro atoms. The second-order valence-corrected chi connectivity index (χ2v) is 6.52. The molecule has 2 aromatic carbocycles. The molecule has 5 nitrogen and oxygen atoms in total. The maximum absolute atomic E-state index is 5.92. The van der Waals surface area contributed by atoms with Crippen molar-refractivity contribution in [2.45, 2.75) is 19.4 Å². The van der Waals surface area contributed by atoms with Gasteiger partial charge in [0.2, 0.25) is 0 Å². The molecule has 0 unspecified atom stereocenters. The van der Waals surface area contributed by atoms with E-state index in [-0.39, 0.29) is 0 Å². The van der Waals surface area contributed by atoms with Crippen LogP contribution in [0.3, 0.4) is 0 Å². The Balaban J connectivity index is 1.65. The van der Waals surface area contributed by atoms with Crippen molar-refractivity contribution < 1.29 is 0 Å². The summed E-state index contributed by atoms with van der Waals surface area (Å²) in [6.45, 7) is 4.62. The lowest BCUT2D eigenvalue weighted by molar-refractivity contribution is 0.746. The molecule has 0 bridgehead atoms. The monoisotopic (exact) mass is 343 g/mol. The number of nitrogens with two attached hydrogens (primary N) is 1. The summed E-state index contributed by atoms with van der Waals surface area (Å²) in [6.07, 6.45) is 5.02. The number of nitrogens with one attached hydrogen (secondary N) is 1. The van der Waals surface area contributed by atoms with E-state index in [1.54, 1.807) is 6.33 Å².